The van der Waals surface area contributed by atoms with Gasteiger partial charge in [-0.3, -0.25) is 9.59 Å². The highest BCUT2D eigenvalue weighted by Crippen LogP contribution is 2.29. The molecule has 3 aromatic carbocycles. The number of hydrogen-bond acceptors (Lipinski definition) is 4. The maximum absolute atomic E-state index is 14.5. The standard InChI is InChI=1S/C24H17F3N2O3/c1-24(2)22(30)21(29-32-24)14-8-11-17(25)16(12-14)13-6-9-15(10-7-13)28-23(31)20-18(26)4-3-5-19(20)27/h3-12H,1-2H3,(H,28,31). The zero-order valence-electron chi connectivity index (χ0n) is 17.1. The third kappa shape index (κ3) is 3.87. The molecule has 0 radical (unpaired) electrons. The number of halogens is 3. The zero-order valence-corrected chi connectivity index (χ0v) is 17.1. The molecule has 0 saturated heterocycles. The van der Waals surface area contributed by atoms with Gasteiger partial charge in [0.15, 0.2) is 11.3 Å². The van der Waals surface area contributed by atoms with E-state index in [-0.39, 0.29) is 22.7 Å². The fourth-order valence-corrected chi connectivity index (χ4v) is 3.25. The first kappa shape index (κ1) is 21.3. The first-order valence-corrected chi connectivity index (χ1v) is 9.64. The van der Waals surface area contributed by atoms with Crippen molar-refractivity contribution < 1.29 is 27.6 Å². The Hall–Kier alpha value is -3.94. The van der Waals surface area contributed by atoms with E-state index in [0.29, 0.717) is 11.1 Å². The average molecular weight is 438 g/mol. The van der Waals surface area contributed by atoms with Gasteiger partial charge >= 0.3 is 0 Å². The molecule has 4 rings (SSSR count). The van der Waals surface area contributed by atoms with Gasteiger partial charge in [0, 0.05) is 16.8 Å². The summed E-state index contributed by atoms with van der Waals surface area (Å²) >= 11 is 0. The van der Waals surface area contributed by atoms with Gasteiger partial charge in [0.2, 0.25) is 5.78 Å². The summed E-state index contributed by atoms with van der Waals surface area (Å²) in [5.41, 5.74) is -0.324. The molecular weight excluding hydrogens is 421 g/mol. The van der Waals surface area contributed by atoms with Crippen LogP contribution in [0.2, 0.25) is 0 Å². The van der Waals surface area contributed by atoms with Gasteiger partial charge in [0.05, 0.1) is 0 Å². The minimum absolute atomic E-state index is 0.104. The van der Waals surface area contributed by atoms with E-state index < -0.39 is 34.5 Å². The van der Waals surface area contributed by atoms with Crippen molar-refractivity contribution in [3.8, 4) is 11.1 Å². The van der Waals surface area contributed by atoms with Crippen LogP contribution in [0.3, 0.4) is 0 Å². The van der Waals surface area contributed by atoms with Gasteiger partial charge in [-0.15, -0.1) is 0 Å². The molecule has 1 heterocycles. The molecule has 8 heteroatoms. The first-order chi connectivity index (χ1) is 15.2. The molecule has 162 valence electrons. The molecule has 32 heavy (non-hydrogen) atoms. The second-order valence-electron chi connectivity index (χ2n) is 7.69. The Morgan fingerprint density at radius 3 is 2.12 bits per heavy atom. The summed E-state index contributed by atoms with van der Waals surface area (Å²) in [5.74, 6) is -3.73. The molecule has 0 atom stereocenters. The number of oxime groups is 1. The fraction of sp³-hybridized carbons (Fsp3) is 0.125. The molecule has 0 aromatic heterocycles. The van der Waals surface area contributed by atoms with E-state index in [2.05, 4.69) is 10.5 Å². The van der Waals surface area contributed by atoms with E-state index in [0.717, 1.165) is 18.2 Å². The van der Waals surface area contributed by atoms with Gasteiger partial charge in [-0.2, -0.15) is 0 Å². The maximum atomic E-state index is 14.5. The number of nitrogens with zero attached hydrogens (tertiary/aromatic N) is 1. The van der Waals surface area contributed by atoms with E-state index in [4.69, 9.17) is 4.84 Å². The Morgan fingerprint density at radius 1 is 0.906 bits per heavy atom. The number of Topliss-reactive ketones (excluding diaryl/α,β-unsaturated/α-hetero) is 1. The number of benzene rings is 3. The fourth-order valence-electron chi connectivity index (χ4n) is 3.25. The van der Waals surface area contributed by atoms with Crippen molar-refractivity contribution in [2.75, 3.05) is 5.32 Å². The topological polar surface area (TPSA) is 67.8 Å². The Labute approximate surface area is 181 Å². The summed E-state index contributed by atoms with van der Waals surface area (Å²) in [6.45, 7) is 3.19. The summed E-state index contributed by atoms with van der Waals surface area (Å²) in [5, 5.41) is 6.24. The highest BCUT2D eigenvalue weighted by Gasteiger charge is 2.40. The van der Waals surface area contributed by atoms with Gasteiger partial charge in [-0.25, -0.2) is 13.2 Å². The van der Waals surface area contributed by atoms with Crippen molar-refractivity contribution in [2.45, 2.75) is 19.4 Å². The van der Waals surface area contributed by atoms with Crippen LogP contribution in [0, 0.1) is 17.5 Å². The monoisotopic (exact) mass is 438 g/mol. The predicted octanol–water partition coefficient (Wildman–Crippen LogP) is 5.11. The van der Waals surface area contributed by atoms with Crippen LogP contribution in [0.25, 0.3) is 11.1 Å². The van der Waals surface area contributed by atoms with E-state index >= 15 is 0 Å². The molecule has 1 aliphatic rings. The van der Waals surface area contributed by atoms with Crippen LogP contribution in [-0.2, 0) is 9.63 Å². The molecule has 0 spiro atoms. The Balaban J connectivity index is 1.58. The van der Waals surface area contributed by atoms with Gasteiger partial charge in [0.25, 0.3) is 5.91 Å². The molecule has 1 aliphatic heterocycles. The van der Waals surface area contributed by atoms with Crippen LogP contribution < -0.4 is 5.32 Å². The number of rotatable bonds is 4. The van der Waals surface area contributed by atoms with Crippen LogP contribution >= 0.6 is 0 Å². The van der Waals surface area contributed by atoms with Gasteiger partial charge in [-0.1, -0.05) is 23.4 Å². The molecule has 0 aliphatic carbocycles. The second-order valence-corrected chi connectivity index (χ2v) is 7.69. The number of amides is 1. The van der Waals surface area contributed by atoms with Gasteiger partial charge < -0.3 is 10.2 Å². The predicted molar refractivity (Wildman–Crippen MR) is 113 cm³/mol. The number of nitrogens with one attached hydrogen (secondary N) is 1. The Bertz CT molecular complexity index is 1250. The molecule has 0 saturated carbocycles. The Kier molecular flexibility index (Phi) is 5.30. The molecular formula is C24H17F3N2O3. The maximum Gasteiger partial charge on any atom is 0.261 e. The van der Waals surface area contributed by atoms with Gasteiger partial charge in [-0.05, 0) is 61.9 Å². The van der Waals surface area contributed by atoms with Crippen LogP contribution in [0.4, 0.5) is 18.9 Å². The number of carbonyl (C=O) groups excluding carboxylic acids is 2. The smallest absolute Gasteiger partial charge is 0.261 e. The van der Waals surface area contributed by atoms with Crippen LogP contribution in [0.1, 0.15) is 29.8 Å². The lowest BCUT2D eigenvalue weighted by molar-refractivity contribution is -0.128. The SMILES string of the molecule is CC1(C)ON=C(c2ccc(F)c(-c3ccc(NC(=O)c4c(F)cccc4F)cc3)c2)C1=O. The molecule has 0 unspecified atom stereocenters. The summed E-state index contributed by atoms with van der Waals surface area (Å²) in [6, 6.07) is 13.3. The minimum Gasteiger partial charge on any atom is -0.381 e. The highest BCUT2D eigenvalue weighted by molar-refractivity contribution is 6.49. The van der Waals surface area contributed by atoms with E-state index in [1.807, 2.05) is 0 Å². The first-order valence-electron chi connectivity index (χ1n) is 9.64. The van der Waals surface area contributed by atoms with Crippen LogP contribution in [0.5, 0.6) is 0 Å². The number of carbonyl (C=O) groups is 2. The molecule has 1 N–H and O–H groups in total. The Morgan fingerprint density at radius 2 is 1.53 bits per heavy atom. The lowest BCUT2D eigenvalue weighted by atomic mass is 9.94. The van der Waals surface area contributed by atoms with Crippen molar-refractivity contribution in [3.63, 3.8) is 0 Å². The summed E-state index contributed by atoms with van der Waals surface area (Å²) in [7, 11) is 0. The van der Waals surface area contributed by atoms with Crippen molar-refractivity contribution in [1.82, 2.24) is 0 Å². The molecule has 0 fully saturated rings. The van der Waals surface area contributed by atoms with Crippen molar-refractivity contribution in [3.05, 3.63) is 89.2 Å². The van der Waals surface area contributed by atoms with Crippen molar-refractivity contribution in [1.29, 1.82) is 0 Å². The van der Waals surface area contributed by atoms with Crippen LogP contribution in [-0.4, -0.2) is 23.0 Å². The normalized spacial score (nSPS) is 14.7. The third-order valence-electron chi connectivity index (χ3n) is 5.01. The lowest BCUT2D eigenvalue weighted by Crippen LogP contribution is -2.33. The highest BCUT2D eigenvalue weighted by atomic mass is 19.1. The van der Waals surface area contributed by atoms with Crippen LogP contribution in [0.15, 0.2) is 65.8 Å². The van der Waals surface area contributed by atoms with Crippen molar-refractivity contribution >= 4 is 23.1 Å². The second kappa shape index (κ2) is 7.96. The molecule has 0 bridgehead atoms. The number of anilines is 1. The molecule has 3 aromatic rings. The summed E-state index contributed by atoms with van der Waals surface area (Å²) in [6.07, 6.45) is 0. The van der Waals surface area contributed by atoms with E-state index in [9.17, 15) is 22.8 Å². The van der Waals surface area contributed by atoms with Gasteiger partial charge in [0.1, 0.15) is 23.0 Å². The third-order valence-corrected chi connectivity index (χ3v) is 5.01. The number of hydrogen-bond donors (Lipinski definition) is 1. The molecule has 1 amide bonds. The minimum atomic E-state index is -1.08. The van der Waals surface area contributed by atoms with Crippen molar-refractivity contribution in [2.24, 2.45) is 5.16 Å². The molecule has 5 nitrogen and oxygen atoms in total. The average Bonchev–Trinajstić information content (AvgIpc) is 3.02. The summed E-state index contributed by atoms with van der Waals surface area (Å²) in [4.78, 5) is 29.8. The summed E-state index contributed by atoms with van der Waals surface area (Å²) < 4.78 is 42.1. The number of ketones is 1. The largest absolute Gasteiger partial charge is 0.381 e. The lowest BCUT2D eigenvalue weighted by Gasteiger charge is -2.12. The zero-order chi connectivity index (χ0) is 23.0. The van der Waals surface area contributed by atoms with E-state index in [1.165, 1.54) is 42.5 Å². The van der Waals surface area contributed by atoms with E-state index in [1.54, 1.807) is 13.8 Å². The quantitative estimate of drug-likeness (QED) is 0.616.